The van der Waals surface area contributed by atoms with Gasteiger partial charge in [0.2, 0.25) is 29.2 Å². The molecule has 1 saturated heterocycles. The van der Waals surface area contributed by atoms with Gasteiger partial charge in [0.05, 0.1) is 7.05 Å². The van der Waals surface area contributed by atoms with Crippen LogP contribution in [-0.2, 0) is 37.6 Å². The Hall–Kier alpha value is -4.96. The third-order valence-corrected chi connectivity index (χ3v) is 8.41. The Morgan fingerprint density at radius 2 is 1.96 bits per heavy atom. The van der Waals surface area contributed by atoms with Gasteiger partial charge >= 0.3 is 18.0 Å². The number of hydrogen-bond donors (Lipinski definition) is 8. The Balaban J connectivity index is 1.53. The summed E-state index contributed by atoms with van der Waals surface area (Å²) in [5.74, 6) is -4.39. The summed E-state index contributed by atoms with van der Waals surface area (Å²) >= 11 is 1.86. The van der Waals surface area contributed by atoms with Gasteiger partial charge in [-0.25, -0.2) is 14.4 Å². The van der Waals surface area contributed by atoms with Crippen LogP contribution in [0.1, 0.15) is 19.7 Å². The highest BCUT2D eigenvalue weighted by atomic mass is 32.2. The van der Waals surface area contributed by atoms with E-state index in [-0.39, 0.29) is 42.1 Å². The average molecular weight is 668 g/mol. The molecule has 4 rings (SSSR count). The Kier molecular flexibility index (Phi) is 9.48. The molecule has 0 unspecified atom stereocenters. The highest BCUT2D eigenvalue weighted by Crippen LogP contribution is 2.40. The molecule has 45 heavy (non-hydrogen) atoms. The number of oxime groups is 1. The fraction of sp³-hybridized carbons (Fsp3) is 0.435. The number of aliphatic carboxylic acids is 2. The first kappa shape index (κ1) is 32.9. The topological polar surface area (TPSA) is 299 Å². The van der Waals surface area contributed by atoms with E-state index in [0.717, 1.165) is 28.2 Å². The number of amides is 4. The smallest absolute Gasteiger partial charge is 0.350 e. The number of hydrogen-bond acceptors (Lipinski definition) is 14. The molecule has 0 aromatic carbocycles. The van der Waals surface area contributed by atoms with E-state index in [1.165, 1.54) is 24.7 Å². The molecule has 1 fully saturated rings. The summed E-state index contributed by atoms with van der Waals surface area (Å²) in [6.07, 6.45) is 1.52. The second-order valence-electron chi connectivity index (χ2n) is 10.2. The number of carboxylic acid groups (broad SMARTS) is 2. The molecule has 2 aliphatic rings. The van der Waals surface area contributed by atoms with Crippen LogP contribution in [0.15, 0.2) is 22.3 Å². The number of rotatable bonds is 12. The Bertz CT molecular complexity index is 1600. The van der Waals surface area contributed by atoms with Crippen molar-refractivity contribution in [3.8, 4) is 0 Å². The number of carbonyl (C=O) groups excluding carboxylic acids is 3. The van der Waals surface area contributed by atoms with Crippen LogP contribution < -0.4 is 37.8 Å². The van der Waals surface area contributed by atoms with Crippen LogP contribution >= 0.6 is 23.3 Å². The van der Waals surface area contributed by atoms with E-state index in [9.17, 15) is 34.2 Å². The Morgan fingerprint density at radius 1 is 1.24 bits per heavy atom. The van der Waals surface area contributed by atoms with Gasteiger partial charge in [-0.2, -0.15) is 9.36 Å². The van der Waals surface area contributed by atoms with Crippen molar-refractivity contribution in [3.05, 3.63) is 23.0 Å². The molecule has 2 aromatic heterocycles. The molecule has 0 spiro atoms. The van der Waals surface area contributed by atoms with Crippen LogP contribution in [0, 0.1) is 0 Å². The lowest BCUT2D eigenvalue weighted by Gasteiger charge is -2.50. The number of nitrogens with zero attached hydrogens (tertiary/aromatic N) is 6. The number of carbonyl (C=O) groups is 5. The minimum absolute atomic E-state index is 0.00524. The monoisotopic (exact) mass is 667 g/mol. The highest BCUT2D eigenvalue weighted by molar-refractivity contribution is 8.02. The van der Waals surface area contributed by atoms with Crippen molar-refractivity contribution in [2.45, 2.75) is 43.5 Å². The summed E-state index contributed by atoms with van der Waals surface area (Å²) in [4.78, 5) is 72.5. The van der Waals surface area contributed by atoms with Crippen molar-refractivity contribution in [1.29, 1.82) is 0 Å². The second-order valence-corrected chi connectivity index (χ2v) is 12.0. The maximum atomic E-state index is 13.3. The molecule has 0 bridgehead atoms. The number of anilines is 3. The van der Waals surface area contributed by atoms with Gasteiger partial charge in [-0.15, -0.1) is 21.1 Å². The highest BCUT2D eigenvalue weighted by Gasteiger charge is 2.56. The molecule has 4 heterocycles. The number of nitrogens with two attached hydrogens (primary N) is 3. The average Bonchev–Trinajstić information content (AvgIpc) is 3.52. The lowest BCUT2D eigenvalue weighted by molar-refractivity contribution is -0.765. The SMILES string of the molecule is Cn1c(N)c(NC(=O)NCCN)c[n+]1CC1=CS[C@@H]2[C@H](NC(=O)/C(=N\OC(C)(C)C(=O)O)c3nsc(N)n3)C(=O)N2[C@H]1C(=O)O. The molecule has 3 atom stereocenters. The first-order chi connectivity index (χ1) is 21.2. The van der Waals surface area contributed by atoms with Crippen LogP contribution in [0.25, 0.3) is 0 Å². The molecule has 0 saturated carbocycles. The van der Waals surface area contributed by atoms with Gasteiger partial charge in [-0.05, 0) is 19.3 Å². The number of nitrogens with one attached hydrogen (secondary N) is 3. The zero-order valence-corrected chi connectivity index (χ0v) is 25.7. The van der Waals surface area contributed by atoms with Crippen molar-refractivity contribution < 1.29 is 43.7 Å². The van der Waals surface area contributed by atoms with Crippen molar-refractivity contribution in [2.75, 3.05) is 29.9 Å². The van der Waals surface area contributed by atoms with Gasteiger partial charge in [-0.1, -0.05) is 5.16 Å². The van der Waals surface area contributed by atoms with Gasteiger partial charge in [0.15, 0.2) is 29.2 Å². The quantitative estimate of drug-likeness (QED) is 0.0500. The van der Waals surface area contributed by atoms with Gasteiger partial charge in [0, 0.05) is 30.2 Å². The summed E-state index contributed by atoms with van der Waals surface area (Å²) in [6.45, 7) is 2.90. The lowest BCUT2D eigenvalue weighted by atomic mass is 9.97. The molecule has 22 heteroatoms. The van der Waals surface area contributed by atoms with E-state index in [1.54, 1.807) is 17.1 Å². The number of β-lactam (4-membered cyclic amide) rings is 1. The minimum atomic E-state index is -1.82. The van der Waals surface area contributed by atoms with Gasteiger partial charge in [0.25, 0.3) is 5.91 Å². The van der Waals surface area contributed by atoms with E-state index < -0.39 is 58.6 Å². The van der Waals surface area contributed by atoms with E-state index >= 15 is 0 Å². The summed E-state index contributed by atoms with van der Waals surface area (Å²) < 4.78 is 6.98. The normalized spacial score (nSPS) is 19.6. The fourth-order valence-electron chi connectivity index (χ4n) is 4.16. The fourth-order valence-corrected chi connectivity index (χ4v) is 5.82. The van der Waals surface area contributed by atoms with Gasteiger partial charge in [-0.3, -0.25) is 14.9 Å². The molecule has 0 aliphatic carbocycles. The van der Waals surface area contributed by atoms with Crippen LogP contribution in [0.5, 0.6) is 0 Å². The van der Waals surface area contributed by atoms with Crippen LogP contribution in [0.4, 0.5) is 21.4 Å². The van der Waals surface area contributed by atoms with E-state index in [4.69, 9.17) is 22.0 Å². The molecule has 11 N–H and O–H groups in total. The summed E-state index contributed by atoms with van der Waals surface area (Å²) in [7, 11) is 1.61. The third-order valence-electron chi connectivity index (χ3n) is 6.65. The predicted octanol–water partition coefficient (Wildman–Crippen LogP) is -2.57. The number of aromatic nitrogens is 4. The maximum Gasteiger partial charge on any atom is 0.350 e. The van der Waals surface area contributed by atoms with Crippen molar-refractivity contribution in [1.82, 2.24) is 29.6 Å². The summed E-state index contributed by atoms with van der Waals surface area (Å²) in [5.41, 5.74) is 15.4. The van der Waals surface area contributed by atoms with E-state index in [1.807, 2.05) is 0 Å². The minimum Gasteiger partial charge on any atom is -0.479 e. The maximum absolute atomic E-state index is 13.3. The first-order valence-corrected chi connectivity index (χ1v) is 14.8. The predicted molar refractivity (Wildman–Crippen MR) is 159 cm³/mol. The molecular formula is C23H31N12O8S2+. The zero-order chi connectivity index (χ0) is 33.2. The number of nitrogen functional groups attached to an aromatic ring is 2. The standard InChI is InChI=1S/C23H30N12O8S2/c1-23(2,20(40)41)43-31-11(15-30-21(26)45-32-15)16(36)29-12-17(37)35-13(19(38)39)9(8-44-18(12)35)6-34-7-10(14(25)33(34)3)28-22(42)27-5-4-24/h7-8,12-13,18,25H,4-6,24H2,1-3H3,(H7,26,27,28,29,30,32,36,38,39,40,41,42)/p+1/b31-11-/t12-,13-,18-/m1/s1. The third kappa shape index (κ3) is 6.76. The van der Waals surface area contributed by atoms with Gasteiger partial charge in [0.1, 0.15) is 11.4 Å². The zero-order valence-electron chi connectivity index (χ0n) is 24.1. The number of fused-ring (bicyclic) bond motifs is 1. The molecule has 2 aromatic rings. The van der Waals surface area contributed by atoms with E-state index in [0.29, 0.717) is 5.57 Å². The summed E-state index contributed by atoms with van der Waals surface area (Å²) in [5, 5.41) is 31.5. The number of thioether (sulfide) groups is 1. The number of carboxylic acids is 2. The first-order valence-electron chi connectivity index (χ1n) is 13.1. The molecule has 242 valence electrons. The largest absolute Gasteiger partial charge is 0.479 e. The molecule has 2 aliphatic heterocycles. The molecular weight excluding hydrogens is 636 g/mol. The molecule has 0 radical (unpaired) electrons. The van der Waals surface area contributed by atoms with Crippen LogP contribution in [-0.4, -0.2) is 101 Å². The van der Waals surface area contributed by atoms with Crippen molar-refractivity contribution in [2.24, 2.45) is 17.9 Å². The molecule has 20 nitrogen and oxygen atoms in total. The Labute approximate surface area is 262 Å². The summed E-state index contributed by atoms with van der Waals surface area (Å²) in [6, 6.07) is -3.07. The molecule has 4 amide bonds. The van der Waals surface area contributed by atoms with Crippen LogP contribution in [0.3, 0.4) is 0 Å². The van der Waals surface area contributed by atoms with Crippen LogP contribution in [0.2, 0.25) is 0 Å². The number of urea groups is 1. The van der Waals surface area contributed by atoms with Crippen molar-refractivity contribution >= 4 is 75.4 Å². The van der Waals surface area contributed by atoms with Gasteiger partial charge < -0.3 is 47.8 Å². The second kappa shape index (κ2) is 13.0. The van der Waals surface area contributed by atoms with Crippen molar-refractivity contribution in [3.63, 3.8) is 0 Å². The Morgan fingerprint density at radius 3 is 2.56 bits per heavy atom. The van der Waals surface area contributed by atoms with E-state index in [2.05, 4.69) is 30.5 Å². The lowest BCUT2D eigenvalue weighted by Crippen LogP contribution is -2.74.